The smallest absolute Gasteiger partial charge is 0.322 e. The molecular formula is CH9ClNO3P. The van der Waals surface area contributed by atoms with Crippen LogP contribution in [-0.4, -0.2) is 16.5 Å². The van der Waals surface area contributed by atoms with E-state index in [1.165, 1.54) is 0 Å². The number of hydrogen-bond acceptors (Lipinski definition) is 2. The predicted octanol–water partition coefficient (Wildman–Crippen LogP) is 0.378. The van der Waals surface area contributed by atoms with Crippen LogP contribution in [0.3, 0.4) is 0 Å². The van der Waals surface area contributed by atoms with Gasteiger partial charge in [0.15, 0.2) is 0 Å². The van der Waals surface area contributed by atoms with Crippen molar-refractivity contribution >= 4 is 20.0 Å². The summed E-state index contributed by atoms with van der Waals surface area (Å²) in [7, 11) is -3.64. The lowest BCUT2D eigenvalue weighted by molar-refractivity contribution is 0.381. The molecule has 4 nitrogen and oxygen atoms in total. The summed E-state index contributed by atoms with van der Waals surface area (Å²) < 4.78 is 9.33. The molecule has 5 N–H and O–H groups in total. The van der Waals surface area contributed by atoms with Crippen LogP contribution in [0.2, 0.25) is 0 Å². The fourth-order valence-corrected chi connectivity index (χ4v) is 0. The molecule has 7 heavy (non-hydrogen) atoms. The Morgan fingerprint density at radius 3 is 1.43 bits per heavy atom. The van der Waals surface area contributed by atoms with Gasteiger partial charge in [0.1, 0.15) is 0 Å². The Morgan fingerprint density at radius 2 is 1.43 bits per heavy atom. The molecule has 0 aromatic carbocycles. The molecule has 0 radical (unpaired) electrons. The van der Waals surface area contributed by atoms with E-state index >= 15 is 0 Å². The molecule has 0 heterocycles. The van der Waals surface area contributed by atoms with Crippen LogP contribution in [0.1, 0.15) is 0 Å². The average molecular weight is 150 g/mol. The highest BCUT2D eigenvalue weighted by Crippen LogP contribution is 2.26. The van der Waals surface area contributed by atoms with Crippen molar-refractivity contribution in [1.29, 1.82) is 0 Å². The van der Waals surface area contributed by atoms with Crippen molar-refractivity contribution in [3.8, 4) is 0 Å². The molecule has 0 aliphatic carbocycles. The van der Waals surface area contributed by atoms with Gasteiger partial charge in [0.25, 0.3) is 0 Å². The number of hydrogen-bond donors (Lipinski definition) is 3. The van der Waals surface area contributed by atoms with Gasteiger partial charge in [0, 0.05) is 6.66 Å². The van der Waals surface area contributed by atoms with Crippen LogP contribution in [0.25, 0.3) is 0 Å². The standard InChI is InChI=1S/CH5O3P.ClH.H3N/c1-5(2,3)4;;/h1H3,(H2,2,3,4);1H;1H3. The van der Waals surface area contributed by atoms with Crippen molar-refractivity contribution < 1.29 is 14.4 Å². The fraction of sp³-hybridized carbons (Fsp3) is 1.00. The van der Waals surface area contributed by atoms with E-state index in [9.17, 15) is 4.57 Å². The van der Waals surface area contributed by atoms with E-state index in [-0.39, 0.29) is 18.6 Å². The summed E-state index contributed by atoms with van der Waals surface area (Å²) in [6.45, 7) is 0.854. The van der Waals surface area contributed by atoms with Gasteiger partial charge in [-0.15, -0.1) is 12.4 Å². The summed E-state index contributed by atoms with van der Waals surface area (Å²) >= 11 is 0. The molecule has 6 heteroatoms. The molecule has 48 valence electrons. The zero-order chi connectivity index (χ0) is 4.50. The SMILES string of the molecule is CP(=O)(O)O.Cl.N. The van der Waals surface area contributed by atoms with Crippen molar-refractivity contribution in [2.45, 2.75) is 0 Å². The van der Waals surface area contributed by atoms with E-state index in [1.54, 1.807) is 0 Å². The Kier molecular flexibility index (Phi) is 10.2. The monoisotopic (exact) mass is 149 g/mol. The zero-order valence-electron chi connectivity index (χ0n) is 3.87. The summed E-state index contributed by atoms with van der Waals surface area (Å²) in [4.78, 5) is 15.3. The molecule has 0 saturated carbocycles. The van der Waals surface area contributed by atoms with Crippen molar-refractivity contribution in [3.63, 3.8) is 0 Å². The van der Waals surface area contributed by atoms with Gasteiger partial charge in [-0.25, -0.2) is 0 Å². The molecule has 0 aliphatic heterocycles. The highest BCUT2D eigenvalue weighted by Gasteiger charge is 1.95. The summed E-state index contributed by atoms with van der Waals surface area (Å²) in [5.41, 5.74) is 0. The second-order valence-corrected chi connectivity index (χ2v) is 2.51. The highest BCUT2D eigenvalue weighted by atomic mass is 35.5. The molecule has 0 amide bonds. The molecule has 0 spiro atoms. The van der Waals surface area contributed by atoms with E-state index in [4.69, 9.17) is 9.79 Å². The molecule has 0 unspecified atom stereocenters. The fourth-order valence-electron chi connectivity index (χ4n) is 0. The lowest BCUT2D eigenvalue weighted by Crippen LogP contribution is -1.64. The molecule has 0 atom stereocenters. The van der Waals surface area contributed by atoms with Crippen LogP contribution >= 0.6 is 20.0 Å². The van der Waals surface area contributed by atoms with E-state index in [2.05, 4.69) is 0 Å². The van der Waals surface area contributed by atoms with Gasteiger partial charge in [-0.3, -0.25) is 4.57 Å². The maximum atomic E-state index is 9.33. The van der Waals surface area contributed by atoms with Gasteiger partial charge in [0.05, 0.1) is 0 Å². The quantitative estimate of drug-likeness (QED) is 0.434. The molecule has 0 saturated heterocycles. The van der Waals surface area contributed by atoms with Gasteiger partial charge >= 0.3 is 7.60 Å². The van der Waals surface area contributed by atoms with Crippen molar-refractivity contribution in [2.24, 2.45) is 0 Å². The Bertz CT molecular complexity index is 61.1. The van der Waals surface area contributed by atoms with Crippen LogP contribution in [-0.2, 0) is 4.57 Å². The zero-order valence-corrected chi connectivity index (χ0v) is 5.58. The summed E-state index contributed by atoms with van der Waals surface area (Å²) in [5.74, 6) is 0. The third-order valence-corrected chi connectivity index (χ3v) is 0. The first kappa shape index (κ1) is 15.7. The third-order valence-electron chi connectivity index (χ3n) is 0. The average Bonchev–Trinajstić information content (AvgIpc) is 0.722. The first-order valence-corrected chi connectivity index (χ1v) is 3.09. The molecule has 0 rings (SSSR count). The lowest BCUT2D eigenvalue weighted by Gasteiger charge is -1.84. The maximum Gasteiger partial charge on any atom is 0.322 e. The van der Waals surface area contributed by atoms with E-state index in [1.807, 2.05) is 0 Å². The number of halogens is 1. The Labute approximate surface area is 48.1 Å². The van der Waals surface area contributed by atoms with Crippen LogP contribution in [0.15, 0.2) is 0 Å². The van der Waals surface area contributed by atoms with Gasteiger partial charge < -0.3 is 15.9 Å². The van der Waals surface area contributed by atoms with Gasteiger partial charge in [0.2, 0.25) is 0 Å². The van der Waals surface area contributed by atoms with Crippen LogP contribution in [0, 0.1) is 0 Å². The predicted molar refractivity (Wildman–Crippen MR) is 30.2 cm³/mol. The first-order chi connectivity index (χ1) is 2.00. The first-order valence-electron chi connectivity index (χ1n) is 1.03. The molecular weight excluding hydrogens is 140 g/mol. The topological polar surface area (TPSA) is 92.5 Å². The van der Waals surface area contributed by atoms with Crippen molar-refractivity contribution in [3.05, 3.63) is 0 Å². The minimum absolute atomic E-state index is 0. The summed E-state index contributed by atoms with van der Waals surface area (Å²) in [6.07, 6.45) is 0. The molecule has 0 aliphatic rings. The minimum atomic E-state index is -3.64. The summed E-state index contributed by atoms with van der Waals surface area (Å²) in [6, 6.07) is 0. The Hall–Kier alpha value is 0.400. The highest BCUT2D eigenvalue weighted by molar-refractivity contribution is 7.50. The third kappa shape index (κ3) is 774. The van der Waals surface area contributed by atoms with Gasteiger partial charge in [-0.2, -0.15) is 0 Å². The van der Waals surface area contributed by atoms with Crippen LogP contribution < -0.4 is 6.15 Å². The molecule has 0 bridgehead atoms. The summed E-state index contributed by atoms with van der Waals surface area (Å²) in [5, 5.41) is 0. The second-order valence-electron chi connectivity index (χ2n) is 0.835. The van der Waals surface area contributed by atoms with Crippen LogP contribution in [0.4, 0.5) is 0 Å². The van der Waals surface area contributed by atoms with E-state index in [0.29, 0.717) is 0 Å². The van der Waals surface area contributed by atoms with Crippen LogP contribution in [0.5, 0.6) is 0 Å². The second kappa shape index (κ2) is 4.56. The van der Waals surface area contributed by atoms with Crippen molar-refractivity contribution in [2.75, 3.05) is 6.66 Å². The normalized spacial score (nSPS) is 8.43. The van der Waals surface area contributed by atoms with E-state index in [0.717, 1.165) is 6.66 Å². The number of rotatable bonds is 0. The van der Waals surface area contributed by atoms with E-state index < -0.39 is 7.60 Å². The van der Waals surface area contributed by atoms with Crippen molar-refractivity contribution in [1.82, 2.24) is 6.15 Å². The largest absolute Gasteiger partial charge is 0.344 e. The Morgan fingerprint density at radius 1 is 1.43 bits per heavy atom. The molecule has 0 aromatic heterocycles. The van der Waals surface area contributed by atoms with Gasteiger partial charge in [-0.05, 0) is 0 Å². The van der Waals surface area contributed by atoms with Gasteiger partial charge in [-0.1, -0.05) is 0 Å². The lowest BCUT2D eigenvalue weighted by atomic mass is 12.0. The minimum Gasteiger partial charge on any atom is -0.344 e. The Balaban J connectivity index is -0.0000000800. The maximum absolute atomic E-state index is 9.33. The molecule has 0 fully saturated rings. The molecule has 0 aromatic rings.